The van der Waals surface area contributed by atoms with E-state index in [-0.39, 0.29) is 6.10 Å². The molecule has 2 saturated heterocycles. The molecule has 3 nitrogen and oxygen atoms in total. The van der Waals surface area contributed by atoms with E-state index in [1.165, 1.54) is 43.5 Å². The Balaban J connectivity index is 1.66. The van der Waals surface area contributed by atoms with E-state index < -0.39 is 0 Å². The van der Waals surface area contributed by atoms with Crippen LogP contribution in [0.3, 0.4) is 0 Å². The normalized spacial score (nSPS) is 24.8. The second-order valence-corrected chi connectivity index (χ2v) is 6.16. The van der Waals surface area contributed by atoms with Crippen LogP contribution in [0.15, 0.2) is 18.2 Å². The van der Waals surface area contributed by atoms with Gasteiger partial charge in [-0.1, -0.05) is 30.2 Å². The molecule has 2 heterocycles. The molecule has 0 aromatic heterocycles. The molecule has 2 aliphatic rings. The zero-order valence-corrected chi connectivity index (χ0v) is 12.7. The van der Waals surface area contributed by atoms with Gasteiger partial charge >= 0.3 is 0 Å². The van der Waals surface area contributed by atoms with Crippen molar-refractivity contribution in [2.45, 2.75) is 31.9 Å². The average Bonchev–Trinajstić information content (AvgIpc) is 2.51. The molecule has 1 N–H and O–H groups in total. The van der Waals surface area contributed by atoms with Crippen molar-refractivity contribution in [3.05, 3.63) is 34.3 Å². The molecule has 1 aromatic rings. The number of nitrogens with one attached hydrogen (secondary N) is 1. The second-order valence-electron chi connectivity index (χ2n) is 5.75. The summed E-state index contributed by atoms with van der Waals surface area (Å²) in [5.74, 6) is 0. The molecule has 0 radical (unpaired) electrons. The van der Waals surface area contributed by atoms with E-state index in [1.54, 1.807) is 0 Å². The number of piperidine rings is 1. The third kappa shape index (κ3) is 3.53. The SMILES string of the molecule is Clc1cc(C2CNCCO2)ccc1CN1CCCCC1. The summed E-state index contributed by atoms with van der Waals surface area (Å²) >= 11 is 6.47. The summed E-state index contributed by atoms with van der Waals surface area (Å²) in [6, 6.07) is 6.42. The Morgan fingerprint density at radius 2 is 2.10 bits per heavy atom. The highest BCUT2D eigenvalue weighted by molar-refractivity contribution is 6.31. The van der Waals surface area contributed by atoms with E-state index >= 15 is 0 Å². The van der Waals surface area contributed by atoms with Crippen molar-refractivity contribution in [2.24, 2.45) is 0 Å². The van der Waals surface area contributed by atoms with Gasteiger partial charge in [-0.15, -0.1) is 0 Å². The molecule has 1 aromatic carbocycles. The fourth-order valence-corrected chi connectivity index (χ4v) is 3.28. The monoisotopic (exact) mass is 294 g/mol. The van der Waals surface area contributed by atoms with Gasteiger partial charge < -0.3 is 10.1 Å². The minimum atomic E-state index is 0.144. The van der Waals surface area contributed by atoms with Crippen LogP contribution in [0.25, 0.3) is 0 Å². The standard InChI is InChI=1S/C16H23ClN2O/c17-15-10-13(16-11-18-6-9-20-16)4-5-14(15)12-19-7-2-1-3-8-19/h4-5,10,16,18H,1-3,6-9,11-12H2. The summed E-state index contributed by atoms with van der Waals surface area (Å²) < 4.78 is 5.78. The maximum absolute atomic E-state index is 6.47. The Morgan fingerprint density at radius 3 is 2.80 bits per heavy atom. The number of ether oxygens (including phenoxy) is 1. The summed E-state index contributed by atoms with van der Waals surface area (Å²) in [4.78, 5) is 2.50. The van der Waals surface area contributed by atoms with Crippen LogP contribution in [0.2, 0.25) is 5.02 Å². The number of hydrogen-bond acceptors (Lipinski definition) is 3. The zero-order valence-electron chi connectivity index (χ0n) is 11.9. The van der Waals surface area contributed by atoms with Gasteiger partial charge in [0, 0.05) is 24.7 Å². The van der Waals surface area contributed by atoms with Crippen LogP contribution >= 0.6 is 11.6 Å². The first-order chi connectivity index (χ1) is 9.83. The number of hydrogen-bond donors (Lipinski definition) is 1. The van der Waals surface area contributed by atoms with Gasteiger partial charge in [0.15, 0.2) is 0 Å². The van der Waals surface area contributed by atoms with E-state index in [0.717, 1.165) is 31.3 Å². The van der Waals surface area contributed by atoms with Gasteiger partial charge in [-0.05, 0) is 43.1 Å². The van der Waals surface area contributed by atoms with E-state index in [1.807, 2.05) is 0 Å². The number of morpholine rings is 1. The molecule has 1 atom stereocenters. The molecule has 110 valence electrons. The van der Waals surface area contributed by atoms with Crippen LogP contribution in [-0.2, 0) is 11.3 Å². The molecule has 0 saturated carbocycles. The lowest BCUT2D eigenvalue weighted by molar-refractivity contribution is 0.0277. The van der Waals surface area contributed by atoms with Crippen LogP contribution in [0, 0.1) is 0 Å². The lowest BCUT2D eigenvalue weighted by Gasteiger charge is -2.27. The Bertz CT molecular complexity index is 440. The van der Waals surface area contributed by atoms with E-state index in [4.69, 9.17) is 16.3 Å². The molecule has 3 rings (SSSR count). The molecule has 0 aliphatic carbocycles. The average molecular weight is 295 g/mol. The topological polar surface area (TPSA) is 24.5 Å². The molecule has 0 amide bonds. The highest BCUT2D eigenvalue weighted by Crippen LogP contribution is 2.26. The highest BCUT2D eigenvalue weighted by Gasteiger charge is 2.17. The van der Waals surface area contributed by atoms with Crippen LogP contribution < -0.4 is 5.32 Å². The quantitative estimate of drug-likeness (QED) is 0.927. The molecule has 0 bridgehead atoms. The molecular formula is C16H23ClN2O. The van der Waals surface area contributed by atoms with Crippen LogP contribution in [0.1, 0.15) is 36.5 Å². The van der Waals surface area contributed by atoms with Crippen molar-refractivity contribution in [3.8, 4) is 0 Å². The van der Waals surface area contributed by atoms with E-state index in [0.29, 0.717) is 0 Å². The first kappa shape index (κ1) is 14.3. The van der Waals surface area contributed by atoms with Crippen molar-refractivity contribution in [3.63, 3.8) is 0 Å². The fourth-order valence-electron chi connectivity index (χ4n) is 3.03. The van der Waals surface area contributed by atoms with Crippen LogP contribution in [0.4, 0.5) is 0 Å². The third-order valence-electron chi connectivity index (χ3n) is 4.22. The molecule has 1 unspecified atom stereocenters. The summed E-state index contributed by atoms with van der Waals surface area (Å²) in [6.07, 6.45) is 4.15. The van der Waals surface area contributed by atoms with Gasteiger partial charge in [0.05, 0.1) is 12.7 Å². The van der Waals surface area contributed by atoms with Crippen molar-refractivity contribution >= 4 is 11.6 Å². The molecule has 2 fully saturated rings. The minimum Gasteiger partial charge on any atom is -0.371 e. The van der Waals surface area contributed by atoms with Gasteiger partial charge in [-0.25, -0.2) is 0 Å². The molecule has 20 heavy (non-hydrogen) atoms. The Kier molecular flexibility index (Phi) is 4.94. The first-order valence-corrected chi connectivity index (χ1v) is 8.04. The van der Waals surface area contributed by atoms with Crippen molar-refractivity contribution in [1.82, 2.24) is 10.2 Å². The predicted molar refractivity (Wildman–Crippen MR) is 82.1 cm³/mol. The van der Waals surface area contributed by atoms with Gasteiger partial charge in [0.1, 0.15) is 0 Å². The summed E-state index contributed by atoms with van der Waals surface area (Å²) in [6.45, 7) is 5.97. The number of halogens is 1. The smallest absolute Gasteiger partial charge is 0.0950 e. The number of nitrogens with zero attached hydrogens (tertiary/aromatic N) is 1. The van der Waals surface area contributed by atoms with Crippen molar-refractivity contribution in [2.75, 3.05) is 32.8 Å². The molecular weight excluding hydrogens is 272 g/mol. The van der Waals surface area contributed by atoms with Gasteiger partial charge in [-0.3, -0.25) is 4.90 Å². The Labute approximate surface area is 126 Å². The molecule has 2 aliphatic heterocycles. The highest BCUT2D eigenvalue weighted by atomic mass is 35.5. The Hall–Kier alpha value is -0.610. The largest absolute Gasteiger partial charge is 0.371 e. The van der Waals surface area contributed by atoms with Crippen LogP contribution in [-0.4, -0.2) is 37.7 Å². The lowest BCUT2D eigenvalue weighted by Crippen LogP contribution is -2.33. The molecule has 4 heteroatoms. The number of rotatable bonds is 3. The van der Waals surface area contributed by atoms with E-state index in [2.05, 4.69) is 28.4 Å². The van der Waals surface area contributed by atoms with Gasteiger partial charge in [0.25, 0.3) is 0 Å². The maximum atomic E-state index is 6.47. The summed E-state index contributed by atoms with van der Waals surface area (Å²) in [5, 5.41) is 4.23. The minimum absolute atomic E-state index is 0.144. The lowest BCUT2D eigenvalue weighted by atomic mass is 10.0. The maximum Gasteiger partial charge on any atom is 0.0950 e. The number of likely N-dealkylation sites (tertiary alicyclic amines) is 1. The second kappa shape index (κ2) is 6.90. The summed E-state index contributed by atoms with van der Waals surface area (Å²) in [5.41, 5.74) is 2.42. The van der Waals surface area contributed by atoms with Gasteiger partial charge in [0.2, 0.25) is 0 Å². The third-order valence-corrected chi connectivity index (χ3v) is 4.57. The van der Waals surface area contributed by atoms with Gasteiger partial charge in [-0.2, -0.15) is 0 Å². The number of benzene rings is 1. The molecule has 0 spiro atoms. The fraction of sp³-hybridized carbons (Fsp3) is 0.625. The van der Waals surface area contributed by atoms with Crippen molar-refractivity contribution in [1.29, 1.82) is 0 Å². The first-order valence-electron chi connectivity index (χ1n) is 7.66. The summed E-state index contributed by atoms with van der Waals surface area (Å²) in [7, 11) is 0. The Morgan fingerprint density at radius 1 is 1.25 bits per heavy atom. The van der Waals surface area contributed by atoms with E-state index in [9.17, 15) is 0 Å². The van der Waals surface area contributed by atoms with Crippen LogP contribution in [0.5, 0.6) is 0 Å². The predicted octanol–water partition coefficient (Wildman–Crippen LogP) is 2.99. The van der Waals surface area contributed by atoms with Crippen molar-refractivity contribution < 1.29 is 4.74 Å². The zero-order chi connectivity index (χ0) is 13.8.